The predicted octanol–water partition coefficient (Wildman–Crippen LogP) is 2.41. The lowest BCUT2D eigenvalue weighted by Gasteiger charge is -2.10. The number of hydrogen-bond donors (Lipinski definition) is 2. The molecule has 0 amide bonds. The van der Waals surface area contributed by atoms with Gasteiger partial charge in [0.05, 0.1) is 17.7 Å². The molecule has 0 radical (unpaired) electrons. The molecule has 6 heteroatoms. The Labute approximate surface area is 127 Å². The Morgan fingerprint density at radius 3 is 3.05 bits per heavy atom. The van der Waals surface area contributed by atoms with Crippen molar-refractivity contribution in [2.24, 2.45) is 0 Å². The number of halogens is 1. The number of aliphatic hydroxyl groups is 1. The van der Waals surface area contributed by atoms with E-state index in [1.807, 2.05) is 47.1 Å². The van der Waals surface area contributed by atoms with Gasteiger partial charge in [-0.2, -0.15) is 0 Å². The van der Waals surface area contributed by atoms with Gasteiger partial charge in [0.1, 0.15) is 0 Å². The molecule has 108 valence electrons. The Bertz CT molecular complexity index is 710. The molecular formula is C15H15ClN4O. The molecule has 0 bridgehead atoms. The normalized spacial score (nSPS) is 12.5. The SMILES string of the molecule is OC(CCl)CNc1cccc(-c2cn3cccnc3n2)c1. The molecule has 3 aromatic rings. The first kappa shape index (κ1) is 13.9. The van der Waals surface area contributed by atoms with Crippen LogP contribution in [0.2, 0.25) is 0 Å². The van der Waals surface area contributed by atoms with Crippen LogP contribution < -0.4 is 5.32 Å². The highest BCUT2D eigenvalue weighted by Crippen LogP contribution is 2.22. The van der Waals surface area contributed by atoms with E-state index in [1.54, 1.807) is 6.20 Å². The maximum Gasteiger partial charge on any atom is 0.234 e. The average Bonchev–Trinajstić information content (AvgIpc) is 2.97. The van der Waals surface area contributed by atoms with Gasteiger partial charge in [-0.3, -0.25) is 4.40 Å². The largest absolute Gasteiger partial charge is 0.390 e. The average molecular weight is 303 g/mol. The number of alkyl halides is 1. The molecule has 0 saturated heterocycles. The molecule has 21 heavy (non-hydrogen) atoms. The fraction of sp³-hybridized carbons (Fsp3) is 0.200. The van der Waals surface area contributed by atoms with Crippen LogP contribution in [0.1, 0.15) is 0 Å². The summed E-state index contributed by atoms with van der Waals surface area (Å²) in [5, 5.41) is 12.6. The van der Waals surface area contributed by atoms with Gasteiger partial charge in [0.15, 0.2) is 0 Å². The van der Waals surface area contributed by atoms with Crippen molar-refractivity contribution in [1.29, 1.82) is 0 Å². The topological polar surface area (TPSA) is 62.5 Å². The fourth-order valence-electron chi connectivity index (χ4n) is 2.05. The van der Waals surface area contributed by atoms with Crippen molar-refractivity contribution in [3.05, 3.63) is 48.9 Å². The lowest BCUT2D eigenvalue weighted by Crippen LogP contribution is -2.20. The number of imidazole rings is 1. The molecule has 1 atom stereocenters. The van der Waals surface area contributed by atoms with Crippen molar-refractivity contribution in [2.45, 2.75) is 6.10 Å². The second-order valence-electron chi connectivity index (χ2n) is 4.72. The molecule has 5 nitrogen and oxygen atoms in total. The Hall–Kier alpha value is -2.11. The van der Waals surface area contributed by atoms with Crippen molar-refractivity contribution in [2.75, 3.05) is 17.7 Å². The first-order valence-corrected chi connectivity index (χ1v) is 7.18. The van der Waals surface area contributed by atoms with E-state index in [4.69, 9.17) is 11.6 Å². The van der Waals surface area contributed by atoms with E-state index in [-0.39, 0.29) is 5.88 Å². The molecule has 1 aromatic carbocycles. The quantitative estimate of drug-likeness (QED) is 0.711. The molecule has 0 fully saturated rings. The number of anilines is 1. The number of hydrogen-bond acceptors (Lipinski definition) is 4. The summed E-state index contributed by atoms with van der Waals surface area (Å²) in [5.41, 5.74) is 2.77. The van der Waals surface area contributed by atoms with E-state index < -0.39 is 6.10 Å². The molecular weight excluding hydrogens is 288 g/mol. The van der Waals surface area contributed by atoms with Crippen LogP contribution in [0.3, 0.4) is 0 Å². The Morgan fingerprint density at radius 1 is 1.33 bits per heavy atom. The van der Waals surface area contributed by atoms with Gasteiger partial charge >= 0.3 is 0 Å². The van der Waals surface area contributed by atoms with Crippen LogP contribution >= 0.6 is 11.6 Å². The third kappa shape index (κ3) is 3.15. The maximum absolute atomic E-state index is 9.48. The van der Waals surface area contributed by atoms with Crippen LogP contribution in [-0.4, -0.2) is 38.0 Å². The minimum Gasteiger partial charge on any atom is -0.390 e. The zero-order valence-electron chi connectivity index (χ0n) is 11.3. The molecule has 0 aliphatic heterocycles. The smallest absolute Gasteiger partial charge is 0.234 e. The Morgan fingerprint density at radius 2 is 2.24 bits per heavy atom. The monoisotopic (exact) mass is 302 g/mol. The molecule has 0 spiro atoms. The van der Waals surface area contributed by atoms with Crippen molar-refractivity contribution >= 4 is 23.1 Å². The van der Waals surface area contributed by atoms with Crippen molar-refractivity contribution in [3.8, 4) is 11.3 Å². The first-order chi connectivity index (χ1) is 10.3. The molecule has 3 rings (SSSR count). The minimum atomic E-state index is -0.560. The molecule has 0 aliphatic rings. The lowest BCUT2D eigenvalue weighted by atomic mass is 10.1. The molecule has 0 saturated carbocycles. The molecule has 2 heterocycles. The van der Waals surface area contributed by atoms with E-state index in [0.717, 1.165) is 16.9 Å². The number of nitrogens with zero attached hydrogens (tertiary/aromatic N) is 3. The summed E-state index contributed by atoms with van der Waals surface area (Å²) < 4.78 is 1.88. The van der Waals surface area contributed by atoms with Gasteiger partial charge in [-0.05, 0) is 18.2 Å². The summed E-state index contributed by atoms with van der Waals surface area (Å²) in [5.74, 6) is 0.883. The highest BCUT2D eigenvalue weighted by atomic mass is 35.5. The molecule has 0 aliphatic carbocycles. The van der Waals surface area contributed by atoms with Crippen LogP contribution in [0.15, 0.2) is 48.9 Å². The zero-order valence-corrected chi connectivity index (χ0v) is 12.0. The summed E-state index contributed by atoms with van der Waals surface area (Å²) in [4.78, 5) is 8.70. The summed E-state index contributed by atoms with van der Waals surface area (Å²) in [6, 6.07) is 9.73. The second-order valence-corrected chi connectivity index (χ2v) is 5.03. The summed E-state index contributed by atoms with van der Waals surface area (Å²) in [6.45, 7) is 0.416. The van der Waals surface area contributed by atoms with Crippen LogP contribution in [0.4, 0.5) is 5.69 Å². The number of aromatic nitrogens is 3. The Balaban J connectivity index is 1.85. The number of rotatable bonds is 5. The fourth-order valence-corrected chi connectivity index (χ4v) is 2.16. The van der Waals surface area contributed by atoms with E-state index in [0.29, 0.717) is 12.3 Å². The highest BCUT2D eigenvalue weighted by Gasteiger charge is 2.06. The zero-order chi connectivity index (χ0) is 14.7. The van der Waals surface area contributed by atoms with E-state index >= 15 is 0 Å². The van der Waals surface area contributed by atoms with Gasteiger partial charge in [0.2, 0.25) is 5.78 Å². The van der Waals surface area contributed by atoms with E-state index in [1.165, 1.54) is 0 Å². The van der Waals surface area contributed by atoms with Gasteiger partial charge in [-0.1, -0.05) is 12.1 Å². The predicted molar refractivity (Wildman–Crippen MR) is 83.6 cm³/mol. The third-order valence-electron chi connectivity index (χ3n) is 3.11. The van der Waals surface area contributed by atoms with E-state index in [2.05, 4.69) is 15.3 Å². The number of fused-ring (bicyclic) bond motifs is 1. The Kier molecular flexibility index (Phi) is 4.03. The van der Waals surface area contributed by atoms with Gasteiger partial charge in [0.25, 0.3) is 0 Å². The van der Waals surface area contributed by atoms with Crippen LogP contribution in [0.5, 0.6) is 0 Å². The summed E-state index contributed by atoms with van der Waals surface area (Å²) >= 11 is 5.58. The first-order valence-electron chi connectivity index (χ1n) is 6.64. The number of benzene rings is 1. The lowest BCUT2D eigenvalue weighted by molar-refractivity contribution is 0.211. The van der Waals surface area contributed by atoms with Gasteiger partial charge in [-0.15, -0.1) is 11.6 Å². The summed E-state index contributed by atoms with van der Waals surface area (Å²) in [6.07, 6.45) is 5.01. The minimum absolute atomic E-state index is 0.213. The molecule has 2 N–H and O–H groups in total. The van der Waals surface area contributed by atoms with Gasteiger partial charge < -0.3 is 10.4 Å². The van der Waals surface area contributed by atoms with Crippen LogP contribution in [-0.2, 0) is 0 Å². The van der Waals surface area contributed by atoms with Crippen molar-refractivity contribution < 1.29 is 5.11 Å². The second kappa shape index (κ2) is 6.11. The van der Waals surface area contributed by atoms with Crippen molar-refractivity contribution in [1.82, 2.24) is 14.4 Å². The highest BCUT2D eigenvalue weighted by molar-refractivity contribution is 6.18. The third-order valence-corrected chi connectivity index (χ3v) is 3.47. The van der Waals surface area contributed by atoms with Gasteiger partial charge in [0, 0.05) is 36.4 Å². The van der Waals surface area contributed by atoms with E-state index in [9.17, 15) is 5.11 Å². The molecule has 2 aromatic heterocycles. The summed E-state index contributed by atoms with van der Waals surface area (Å²) in [7, 11) is 0. The number of nitrogens with one attached hydrogen (secondary N) is 1. The van der Waals surface area contributed by atoms with Gasteiger partial charge in [-0.25, -0.2) is 9.97 Å². The van der Waals surface area contributed by atoms with Crippen LogP contribution in [0, 0.1) is 0 Å². The van der Waals surface area contributed by atoms with Crippen molar-refractivity contribution in [3.63, 3.8) is 0 Å². The maximum atomic E-state index is 9.48. The standard InChI is InChI=1S/C15H15ClN4O/c16-8-13(21)9-18-12-4-1-3-11(7-12)14-10-20-6-2-5-17-15(20)19-14/h1-7,10,13,18,21H,8-9H2. The van der Waals surface area contributed by atoms with Crippen LogP contribution in [0.25, 0.3) is 17.0 Å². The molecule has 1 unspecified atom stereocenters. The number of aliphatic hydroxyl groups excluding tert-OH is 1.